The summed E-state index contributed by atoms with van der Waals surface area (Å²) in [5.74, 6) is -2.25. The summed E-state index contributed by atoms with van der Waals surface area (Å²) in [6.45, 7) is 1.89. The van der Waals surface area contributed by atoms with E-state index in [1.165, 1.54) is 29.9 Å². The molecule has 2 aliphatic heterocycles. The van der Waals surface area contributed by atoms with E-state index in [4.69, 9.17) is 23.2 Å². The van der Waals surface area contributed by atoms with Crippen molar-refractivity contribution in [2.24, 2.45) is 13.0 Å². The standard InChI is InChI=1S/C30H29Cl2F2N7O2/c1-16-23(34)4-6-25(18-9-19(11-21(33)10-18)29-24(36-30(16)43)14-35-39(29)2)40-8-7-17(12-28(40)42)22-13-20(31)3-5-26(22)41-15-27(32)37-38-41/h3,5,9-11,13-17,23,25H,4,6-8,12H2,1-2H3,(H,36,43)/t16-,17?,23?,25+/m1/s1. The number of benzene rings is 2. The van der Waals surface area contributed by atoms with Crippen molar-refractivity contribution in [2.45, 2.75) is 50.7 Å². The number of likely N-dealkylation sites (tertiary alicyclic amines) is 1. The van der Waals surface area contributed by atoms with Crippen LogP contribution in [-0.4, -0.2) is 54.2 Å². The van der Waals surface area contributed by atoms with Gasteiger partial charge in [-0.25, -0.2) is 13.5 Å². The quantitative estimate of drug-likeness (QED) is 0.289. The average molecular weight is 629 g/mol. The predicted molar refractivity (Wildman–Crippen MR) is 158 cm³/mol. The Morgan fingerprint density at radius 2 is 1.88 bits per heavy atom. The Balaban J connectivity index is 1.35. The Hall–Kier alpha value is -3.83. The molecular formula is C30H29Cl2F2N7O2. The van der Waals surface area contributed by atoms with Crippen molar-refractivity contribution >= 4 is 40.7 Å². The van der Waals surface area contributed by atoms with Crippen LogP contribution in [-0.2, 0) is 16.6 Å². The Labute approximate surface area is 256 Å². The molecular weight excluding hydrogens is 599 g/mol. The fraction of sp³-hybridized carbons (Fsp3) is 0.367. The van der Waals surface area contributed by atoms with Gasteiger partial charge in [-0.2, -0.15) is 5.10 Å². The Morgan fingerprint density at radius 3 is 2.63 bits per heavy atom. The molecule has 2 aromatic heterocycles. The maximum atomic E-state index is 15.4. The van der Waals surface area contributed by atoms with Crippen LogP contribution in [0.15, 0.2) is 48.8 Å². The number of aromatic nitrogens is 5. The third kappa shape index (κ3) is 5.75. The molecule has 1 fully saturated rings. The van der Waals surface area contributed by atoms with Gasteiger partial charge in [0.1, 0.15) is 12.0 Å². The molecule has 9 nitrogen and oxygen atoms in total. The number of anilines is 1. The number of halogens is 4. The first-order chi connectivity index (χ1) is 20.6. The van der Waals surface area contributed by atoms with E-state index in [0.717, 1.165) is 11.3 Å². The van der Waals surface area contributed by atoms with Crippen molar-refractivity contribution in [3.8, 4) is 16.9 Å². The highest BCUT2D eigenvalue weighted by molar-refractivity contribution is 6.30. The van der Waals surface area contributed by atoms with Gasteiger partial charge in [-0.1, -0.05) is 35.3 Å². The third-order valence-corrected chi connectivity index (χ3v) is 8.83. The fourth-order valence-electron chi connectivity index (χ4n) is 6.16. The molecule has 43 heavy (non-hydrogen) atoms. The number of rotatable bonds is 3. The molecule has 0 saturated carbocycles. The Morgan fingerprint density at radius 1 is 1.07 bits per heavy atom. The lowest BCUT2D eigenvalue weighted by Crippen LogP contribution is -2.41. The summed E-state index contributed by atoms with van der Waals surface area (Å²) in [6.07, 6.45) is 2.57. The van der Waals surface area contributed by atoms with E-state index in [9.17, 15) is 9.59 Å². The second-order valence-electron chi connectivity index (χ2n) is 11.2. The van der Waals surface area contributed by atoms with E-state index >= 15 is 8.78 Å². The van der Waals surface area contributed by atoms with Crippen molar-refractivity contribution in [1.82, 2.24) is 29.7 Å². The zero-order valence-electron chi connectivity index (χ0n) is 23.5. The Kier molecular flexibility index (Phi) is 7.95. The number of carbonyl (C=O) groups is 2. The third-order valence-electron chi connectivity index (χ3n) is 8.42. The molecule has 4 heterocycles. The zero-order chi connectivity index (χ0) is 30.4. The van der Waals surface area contributed by atoms with Gasteiger partial charge in [-0.15, -0.1) is 5.10 Å². The molecule has 4 atom stereocenters. The van der Waals surface area contributed by atoms with Crippen LogP contribution in [0.3, 0.4) is 0 Å². The van der Waals surface area contributed by atoms with Crippen LogP contribution < -0.4 is 5.32 Å². The number of amides is 2. The minimum absolute atomic E-state index is 0.0176. The highest BCUT2D eigenvalue weighted by atomic mass is 35.5. The SMILES string of the molecule is C[C@H]1C(=O)Nc2cnn(C)c2-c2cc(F)cc(c2)[C@@H](N2CCC(c3cc(Cl)ccc3-n3cc(Cl)nn3)CC2=O)CCC1F. The first-order valence-electron chi connectivity index (χ1n) is 14.0. The van der Waals surface area contributed by atoms with Crippen molar-refractivity contribution in [2.75, 3.05) is 11.9 Å². The molecule has 2 aromatic carbocycles. The maximum Gasteiger partial charge on any atom is 0.230 e. The molecule has 0 spiro atoms. The first-order valence-corrected chi connectivity index (χ1v) is 14.8. The number of carbonyl (C=O) groups excluding carboxylic acids is 2. The van der Waals surface area contributed by atoms with Crippen LogP contribution in [0.4, 0.5) is 14.5 Å². The van der Waals surface area contributed by atoms with Gasteiger partial charge in [-0.3, -0.25) is 14.3 Å². The Bertz CT molecular complexity index is 1710. The number of hydrogen-bond acceptors (Lipinski definition) is 5. The highest BCUT2D eigenvalue weighted by Crippen LogP contribution is 2.40. The van der Waals surface area contributed by atoms with Gasteiger partial charge in [0.05, 0.1) is 41.4 Å². The van der Waals surface area contributed by atoms with Crippen molar-refractivity contribution in [1.29, 1.82) is 0 Å². The van der Waals surface area contributed by atoms with Gasteiger partial charge in [0.25, 0.3) is 0 Å². The number of aryl methyl sites for hydroxylation is 1. The number of piperidine rings is 1. The van der Waals surface area contributed by atoms with Crippen molar-refractivity contribution < 1.29 is 18.4 Å². The molecule has 1 N–H and O–H groups in total. The number of hydrogen-bond donors (Lipinski definition) is 1. The molecule has 2 aliphatic rings. The molecule has 2 bridgehead atoms. The normalized spacial score (nSPS) is 22.9. The summed E-state index contributed by atoms with van der Waals surface area (Å²) in [6, 6.07) is 9.33. The van der Waals surface area contributed by atoms with Crippen LogP contribution in [0, 0.1) is 11.7 Å². The molecule has 0 radical (unpaired) electrons. The van der Waals surface area contributed by atoms with Gasteiger partial charge in [0, 0.05) is 30.6 Å². The molecule has 224 valence electrons. The van der Waals surface area contributed by atoms with E-state index < -0.39 is 29.9 Å². The summed E-state index contributed by atoms with van der Waals surface area (Å²) < 4.78 is 33.7. The highest BCUT2D eigenvalue weighted by Gasteiger charge is 2.36. The number of nitrogens with zero attached hydrogens (tertiary/aromatic N) is 6. The molecule has 13 heteroatoms. The van der Waals surface area contributed by atoms with E-state index in [-0.39, 0.29) is 36.2 Å². The molecule has 1 saturated heterocycles. The van der Waals surface area contributed by atoms with Crippen LogP contribution in [0.2, 0.25) is 10.2 Å². The molecule has 0 aliphatic carbocycles. The largest absolute Gasteiger partial charge is 0.336 e. The summed E-state index contributed by atoms with van der Waals surface area (Å²) in [5.41, 5.74) is 3.46. The van der Waals surface area contributed by atoms with Gasteiger partial charge >= 0.3 is 0 Å². The summed E-state index contributed by atoms with van der Waals surface area (Å²) in [7, 11) is 1.69. The van der Waals surface area contributed by atoms with Crippen molar-refractivity contribution in [3.05, 3.63) is 75.9 Å². The van der Waals surface area contributed by atoms with Gasteiger partial charge < -0.3 is 10.2 Å². The lowest BCUT2D eigenvalue weighted by Gasteiger charge is -2.39. The molecule has 2 amide bonds. The van der Waals surface area contributed by atoms with Crippen LogP contribution in [0.25, 0.3) is 16.9 Å². The summed E-state index contributed by atoms with van der Waals surface area (Å²) >= 11 is 12.4. The minimum Gasteiger partial charge on any atom is -0.336 e. The maximum absolute atomic E-state index is 15.4. The van der Waals surface area contributed by atoms with Gasteiger partial charge in [-0.05, 0) is 72.7 Å². The van der Waals surface area contributed by atoms with E-state index in [2.05, 4.69) is 20.7 Å². The lowest BCUT2D eigenvalue weighted by atomic mass is 9.85. The number of alkyl halides is 1. The van der Waals surface area contributed by atoms with E-state index in [0.29, 0.717) is 40.5 Å². The molecule has 4 aromatic rings. The molecule has 2 unspecified atom stereocenters. The van der Waals surface area contributed by atoms with Gasteiger partial charge in [0.15, 0.2) is 5.15 Å². The van der Waals surface area contributed by atoms with E-state index in [1.807, 2.05) is 12.1 Å². The first kappa shape index (κ1) is 29.3. The second-order valence-corrected chi connectivity index (χ2v) is 12.0. The average Bonchev–Trinajstić information content (AvgIpc) is 3.57. The van der Waals surface area contributed by atoms with Crippen molar-refractivity contribution in [3.63, 3.8) is 0 Å². The number of fused-ring (bicyclic) bond motifs is 4. The smallest absolute Gasteiger partial charge is 0.230 e. The number of nitrogens with one attached hydrogen (secondary N) is 1. The fourth-order valence-corrected chi connectivity index (χ4v) is 6.47. The van der Waals surface area contributed by atoms with Crippen LogP contribution in [0.5, 0.6) is 0 Å². The monoisotopic (exact) mass is 627 g/mol. The second kappa shape index (κ2) is 11.7. The lowest BCUT2D eigenvalue weighted by molar-refractivity contribution is -0.137. The van der Waals surface area contributed by atoms with E-state index in [1.54, 1.807) is 35.0 Å². The summed E-state index contributed by atoms with van der Waals surface area (Å²) in [4.78, 5) is 28.5. The minimum atomic E-state index is -1.47. The van der Waals surface area contributed by atoms with Crippen LogP contribution >= 0.6 is 23.2 Å². The summed E-state index contributed by atoms with van der Waals surface area (Å²) in [5, 5.41) is 15.7. The van der Waals surface area contributed by atoms with Gasteiger partial charge in [0.2, 0.25) is 11.8 Å². The predicted octanol–water partition coefficient (Wildman–Crippen LogP) is 6.27. The zero-order valence-corrected chi connectivity index (χ0v) is 25.0. The topological polar surface area (TPSA) is 97.9 Å². The van der Waals surface area contributed by atoms with Crippen LogP contribution in [0.1, 0.15) is 55.7 Å². The molecule has 6 rings (SSSR count).